The minimum Gasteiger partial charge on any atom is -0.324 e. The Morgan fingerprint density at radius 1 is 1.15 bits per heavy atom. The van der Waals surface area contributed by atoms with Crippen molar-refractivity contribution in [1.29, 1.82) is 5.26 Å². The molecule has 26 heavy (non-hydrogen) atoms. The molecular weight excluding hydrogens is 354 g/mol. The standard InChI is InChI=1S/C18H17N3O4S/c1-13(22)15-6-4-7-16(10-15)20-18(23)12-21(26(2,24)25)17-8-3-5-14(9-17)11-19/h3-10H,12H2,1-2H3,(H,20,23). The third-order valence-electron chi connectivity index (χ3n) is 3.50. The zero-order valence-electron chi connectivity index (χ0n) is 14.3. The van der Waals surface area contributed by atoms with Gasteiger partial charge < -0.3 is 5.32 Å². The van der Waals surface area contributed by atoms with Gasteiger partial charge >= 0.3 is 0 Å². The molecule has 7 nitrogen and oxygen atoms in total. The quantitative estimate of drug-likeness (QED) is 0.783. The number of nitrogens with one attached hydrogen (secondary N) is 1. The fourth-order valence-corrected chi connectivity index (χ4v) is 3.13. The number of carbonyl (C=O) groups is 2. The van der Waals surface area contributed by atoms with Crippen LogP contribution in [0.15, 0.2) is 48.5 Å². The number of nitrogens with zero attached hydrogens (tertiary/aromatic N) is 2. The summed E-state index contributed by atoms with van der Waals surface area (Å²) in [7, 11) is -3.74. The number of rotatable bonds is 6. The van der Waals surface area contributed by atoms with E-state index in [1.54, 1.807) is 24.3 Å². The molecule has 2 aromatic rings. The van der Waals surface area contributed by atoms with Gasteiger partial charge in [0.1, 0.15) is 6.54 Å². The number of benzene rings is 2. The molecule has 0 spiro atoms. The summed E-state index contributed by atoms with van der Waals surface area (Å²) in [6.07, 6.45) is 0.982. The summed E-state index contributed by atoms with van der Waals surface area (Å²) in [6.45, 7) is 0.951. The van der Waals surface area contributed by atoms with Crippen LogP contribution >= 0.6 is 0 Å². The van der Waals surface area contributed by atoms with Crippen LogP contribution in [0.2, 0.25) is 0 Å². The molecular formula is C18H17N3O4S. The first-order valence-electron chi connectivity index (χ1n) is 7.59. The molecule has 0 bridgehead atoms. The van der Waals surface area contributed by atoms with Crippen molar-refractivity contribution in [3.8, 4) is 6.07 Å². The van der Waals surface area contributed by atoms with Crippen LogP contribution in [0.1, 0.15) is 22.8 Å². The first-order chi connectivity index (χ1) is 12.2. The predicted molar refractivity (Wildman–Crippen MR) is 98.4 cm³/mol. The zero-order chi connectivity index (χ0) is 19.3. The number of hydrogen-bond donors (Lipinski definition) is 1. The number of hydrogen-bond acceptors (Lipinski definition) is 5. The lowest BCUT2D eigenvalue weighted by atomic mass is 10.1. The van der Waals surface area contributed by atoms with Gasteiger partial charge in [0.15, 0.2) is 5.78 Å². The molecule has 134 valence electrons. The Kier molecular flexibility index (Phi) is 5.75. The molecule has 2 aromatic carbocycles. The predicted octanol–water partition coefficient (Wildman–Crippen LogP) is 2.17. The average molecular weight is 371 g/mol. The van der Waals surface area contributed by atoms with Gasteiger partial charge in [-0.05, 0) is 37.3 Å². The fraction of sp³-hybridized carbons (Fsp3) is 0.167. The van der Waals surface area contributed by atoms with Crippen LogP contribution in [-0.2, 0) is 14.8 Å². The van der Waals surface area contributed by atoms with Crippen LogP contribution in [0, 0.1) is 11.3 Å². The topological polar surface area (TPSA) is 107 Å². The van der Waals surface area contributed by atoms with Crippen molar-refractivity contribution in [2.75, 3.05) is 22.4 Å². The Hall–Kier alpha value is -3.18. The van der Waals surface area contributed by atoms with E-state index in [2.05, 4.69) is 5.32 Å². The van der Waals surface area contributed by atoms with Crippen molar-refractivity contribution >= 4 is 33.1 Å². The number of ketones is 1. The monoisotopic (exact) mass is 371 g/mol. The Morgan fingerprint density at radius 3 is 2.46 bits per heavy atom. The minimum absolute atomic E-state index is 0.146. The molecule has 1 N–H and O–H groups in total. The van der Waals surface area contributed by atoms with Gasteiger partial charge in [-0.3, -0.25) is 13.9 Å². The van der Waals surface area contributed by atoms with Crippen molar-refractivity contribution in [2.45, 2.75) is 6.92 Å². The molecule has 0 unspecified atom stereocenters. The van der Waals surface area contributed by atoms with E-state index in [1.165, 1.54) is 31.2 Å². The van der Waals surface area contributed by atoms with Gasteiger partial charge in [-0.15, -0.1) is 0 Å². The summed E-state index contributed by atoms with van der Waals surface area (Å²) in [5, 5.41) is 11.5. The molecule has 0 aliphatic rings. The van der Waals surface area contributed by atoms with Crippen LogP contribution in [-0.4, -0.2) is 32.9 Å². The third kappa shape index (κ3) is 4.91. The largest absolute Gasteiger partial charge is 0.324 e. The molecule has 2 rings (SSSR count). The molecule has 0 aliphatic heterocycles. The van der Waals surface area contributed by atoms with Gasteiger partial charge in [-0.2, -0.15) is 5.26 Å². The van der Waals surface area contributed by atoms with Crippen molar-refractivity contribution < 1.29 is 18.0 Å². The summed E-state index contributed by atoms with van der Waals surface area (Å²) in [6, 6.07) is 14.3. The molecule has 0 saturated heterocycles. The van der Waals surface area contributed by atoms with E-state index in [0.717, 1.165) is 10.6 Å². The highest BCUT2D eigenvalue weighted by atomic mass is 32.2. The van der Waals surface area contributed by atoms with E-state index in [-0.39, 0.29) is 17.0 Å². The van der Waals surface area contributed by atoms with Crippen LogP contribution in [0.25, 0.3) is 0 Å². The Labute approximate surface area is 151 Å². The highest BCUT2D eigenvalue weighted by Crippen LogP contribution is 2.19. The van der Waals surface area contributed by atoms with Crippen LogP contribution in [0.5, 0.6) is 0 Å². The molecule has 0 atom stereocenters. The van der Waals surface area contributed by atoms with E-state index >= 15 is 0 Å². The van der Waals surface area contributed by atoms with E-state index in [0.29, 0.717) is 11.3 Å². The van der Waals surface area contributed by atoms with E-state index < -0.39 is 22.5 Å². The maximum Gasteiger partial charge on any atom is 0.245 e. The highest BCUT2D eigenvalue weighted by Gasteiger charge is 2.21. The van der Waals surface area contributed by atoms with E-state index in [9.17, 15) is 18.0 Å². The number of carbonyl (C=O) groups excluding carboxylic acids is 2. The molecule has 0 saturated carbocycles. The molecule has 0 aromatic heterocycles. The Balaban J connectivity index is 2.24. The van der Waals surface area contributed by atoms with Crippen LogP contribution < -0.4 is 9.62 Å². The van der Waals surface area contributed by atoms with Crippen molar-refractivity contribution in [1.82, 2.24) is 0 Å². The minimum atomic E-state index is -3.74. The molecule has 0 radical (unpaired) electrons. The van der Waals surface area contributed by atoms with Gasteiger partial charge in [0, 0.05) is 11.3 Å². The summed E-state index contributed by atoms with van der Waals surface area (Å²) in [5.74, 6) is -0.717. The van der Waals surface area contributed by atoms with Gasteiger partial charge in [0.2, 0.25) is 15.9 Å². The Morgan fingerprint density at radius 2 is 1.85 bits per heavy atom. The summed E-state index contributed by atoms with van der Waals surface area (Å²) < 4.78 is 25.1. The first-order valence-corrected chi connectivity index (χ1v) is 9.44. The molecule has 0 fully saturated rings. The molecule has 1 amide bonds. The van der Waals surface area contributed by atoms with Crippen LogP contribution in [0.3, 0.4) is 0 Å². The lowest BCUT2D eigenvalue weighted by molar-refractivity contribution is -0.114. The van der Waals surface area contributed by atoms with E-state index in [1.807, 2.05) is 6.07 Å². The normalized spacial score (nSPS) is 10.7. The number of sulfonamides is 1. The van der Waals surface area contributed by atoms with Crippen molar-refractivity contribution in [2.24, 2.45) is 0 Å². The first kappa shape index (κ1) is 19.1. The number of Topliss-reactive ketones (excluding diaryl/α,β-unsaturated/α-hetero) is 1. The molecule has 0 heterocycles. The van der Waals surface area contributed by atoms with Gasteiger partial charge in [-0.25, -0.2) is 8.42 Å². The smallest absolute Gasteiger partial charge is 0.245 e. The Bertz CT molecular complexity index is 993. The maximum absolute atomic E-state index is 12.3. The number of amides is 1. The second-order valence-corrected chi connectivity index (χ2v) is 7.52. The molecule has 8 heteroatoms. The number of anilines is 2. The lowest BCUT2D eigenvalue weighted by Gasteiger charge is -2.22. The summed E-state index contributed by atoms with van der Waals surface area (Å²) in [5.41, 5.74) is 1.33. The SMILES string of the molecule is CC(=O)c1cccc(NC(=O)CN(c2cccc(C#N)c2)S(C)(=O)=O)c1. The zero-order valence-corrected chi connectivity index (χ0v) is 15.1. The lowest BCUT2D eigenvalue weighted by Crippen LogP contribution is -2.37. The van der Waals surface area contributed by atoms with E-state index in [4.69, 9.17) is 5.26 Å². The highest BCUT2D eigenvalue weighted by molar-refractivity contribution is 7.92. The van der Waals surface area contributed by atoms with Crippen LogP contribution in [0.4, 0.5) is 11.4 Å². The maximum atomic E-state index is 12.3. The van der Waals surface area contributed by atoms with Crippen molar-refractivity contribution in [3.05, 3.63) is 59.7 Å². The van der Waals surface area contributed by atoms with Gasteiger partial charge in [0.05, 0.1) is 23.6 Å². The second-order valence-electron chi connectivity index (χ2n) is 5.62. The second kappa shape index (κ2) is 7.80. The summed E-state index contributed by atoms with van der Waals surface area (Å²) >= 11 is 0. The number of nitriles is 1. The van der Waals surface area contributed by atoms with Gasteiger partial charge in [0.25, 0.3) is 0 Å². The summed E-state index contributed by atoms with van der Waals surface area (Å²) in [4.78, 5) is 23.7. The average Bonchev–Trinajstić information content (AvgIpc) is 2.59. The van der Waals surface area contributed by atoms with Gasteiger partial charge in [-0.1, -0.05) is 18.2 Å². The fourth-order valence-electron chi connectivity index (χ4n) is 2.28. The van der Waals surface area contributed by atoms with Crippen molar-refractivity contribution in [3.63, 3.8) is 0 Å². The molecule has 0 aliphatic carbocycles. The third-order valence-corrected chi connectivity index (χ3v) is 4.64.